The average Bonchev–Trinajstić information content (AvgIpc) is 2.85. The molecule has 0 unspecified atom stereocenters. The summed E-state index contributed by atoms with van der Waals surface area (Å²) in [7, 11) is 1.58. The highest BCUT2D eigenvalue weighted by atomic mass is 16.5. The molecule has 2 aromatic heterocycles. The van der Waals surface area contributed by atoms with Gasteiger partial charge in [-0.2, -0.15) is 4.98 Å². The van der Waals surface area contributed by atoms with Crippen LogP contribution >= 0.6 is 0 Å². The summed E-state index contributed by atoms with van der Waals surface area (Å²) in [4.78, 5) is 34.5. The fraction of sp³-hybridized carbons (Fsp3) is 0.538. The predicted molar refractivity (Wildman–Crippen MR) is 78.0 cm³/mol. The van der Waals surface area contributed by atoms with Crippen molar-refractivity contribution in [1.82, 2.24) is 19.5 Å². The van der Waals surface area contributed by atoms with E-state index in [4.69, 9.17) is 4.74 Å². The molecular formula is C13H19N5O3. The molecule has 114 valence electrons. The van der Waals surface area contributed by atoms with Gasteiger partial charge in [0.25, 0.3) is 5.56 Å². The highest BCUT2D eigenvalue weighted by Gasteiger charge is 2.17. The summed E-state index contributed by atoms with van der Waals surface area (Å²) in [5.41, 5.74) is 0.198. The molecule has 0 fully saturated rings. The van der Waals surface area contributed by atoms with Crippen LogP contribution in [0.5, 0.6) is 0 Å². The molecule has 0 aliphatic carbocycles. The third-order valence-corrected chi connectivity index (χ3v) is 3.13. The number of ether oxygens (including phenoxy) is 1. The standard InChI is InChI=1S/C13H19N5O3/c1-5-8(21-4)18-6-14-9-10(18)15-13(17-12(9)20)16-11(19)7(2)3/h6-8H,5H2,1-4H3,(H2,15,16,17,19,20)/t8-/m1/s1. The highest BCUT2D eigenvalue weighted by molar-refractivity contribution is 5.91. The molecule has 8 nitrogen and oxygen atoms in total. The molecule has 0 aromatic carbocycles. The Hall–Kier alpha value is -2.22. The zero-order chi connectivity index (χ0) is 15.6. The van der Waals surface area contributed by atoms with Crippen LogP contribution in [-0.2, 0) is 9.53 Å². The molecule has 0 aliphatic heterocycles. The third kappa shape index (κ3) is 2.94. The molecule has 0 saturated carbocycles. The van der Waals surface area contributed by atoms with Gasteiger partial charge in [0.15, 0.2) is 11.2 Å². The summed E-state index contributed by atoms with van der Waals surface area (Å²) >= 11 is 0. The molecule has 1 atom stereocenters. The van der Waals surface area contributed by atoms with Crippen molar-refractivity contribution in [2.45, 2.75) is 33.4 Å². The lowest BCUT2D eigenvalue weighted by Crippen LogP contribution is -2.22. The van der Waals surface area contributed by atoms with Crippen LogP contribution in [0.25, 0.3) is 11.2 Å². The molecule has 0 aliphatic rings. The fourth-order valence-electron chi connectivity index (χ4n) is 1.93. The fourth-order valence-corrected chi connectivity index (χ4v) is 1.93. The largest absolute Gasteiger partial charge is 0.361 e. The van der Waals surface area contributed by atoms with Crippen LogP contribution in [0.15, 0.2) is 11.1 Å². The maximum atomic E-state index is 12.0. The summed E-state index contributed by atoms with van der Waals surface area (Å²) < 4.78 is 7.01. The second kappa shape index (κ2) is 6.04. The number of hydrogen-bond acceptors (Lipinski definition) is 5. The Morgan fingerprint density at radius 1 is 1.52 bits per heavy atom. The summed E-state index contributed by atoms with van der Waals surface area (Å²) in [6.07, 6.45) is 1.95. The smallest absolute Gasteiger partial charge is 0.280 e. The van der Waals surface area contributed by atoms with Gasteiger partial charge in [0.2, 0.25) is 11.9 Å². The van der Waals surface area contributed by atoms with Crippen molar-refractivity contribution < 1.29 is 9.53 Å². The number of hydrogen-bond donors (Lipinski definition) is 2. The number of amides is 1. The number of rotatable bonds is 5. The molecule has 8 heteroatoms. The topological polar surface area (TPSA) is 102 Å². The Bertz CT molecular complexity index is 699. The number of aromatic nitrogens is 4. The molecule has 0 saturated heterocycles. The van der Waals surface area contributed by atoms with E-state index in [9.17, 15) is 9.59 Å². The average molecular weight is 293 g/mol. The van der Waals surface area contributed by atoms with E-state index < -0.39 is 5.56 Å². The Kier molecular flexibility index (Phi) is 4.37. The van der Waals surface area contributed by atoms with Crippen molar-refractivity contribution >= 4 is 23.0 Å². The number of H-pyrrole nitrogens is 1. The molecule has 2 heterocycles. The van der Waals surface area contributed by atoms with Crippen molar-refractivity contribution in [2.75, 3.05) is 12.4 Å². The number of anilines is 1. The number of methoxy groups -OCH3 is 1. The van der Waals surface area contributed by atoms with Gasteiger partial charge < -0.3 is 4.74 Å². The highest BCUT2D eigenvalue weighted by Crippen LogP contribution is 2.17. The van der Waals surface area contributed by atoms with E-state index >= 15 is 0 Å². The first-order chi connectivity index (χ1) is 9.97. The number of nitrogens with one attached hydrogen (secondary N) is 2. The van der Waals surface area contributed by atoms with Gasteiger partial charge in [-0.1, -0.05) is 20.8 Å². The van der Waals surface area contributed by atoms with E-state index in [1.54, 1.807) is 25.5 Å². The maximum absolute atomic E-state index is 12.0. The lowest BCUT2D eigenvalue weighted by atomic mass is 10.2. The number of imidazole rings is 1. The first kappa shape index (κ1) is 15.2. The van der Waals surface area contributed by atoms with Crippen LogP contribution in [0.2, 0.25) is 0 Å². The number of fused-ring (bicyclic) bond motifs is 1. The van der Waals surface area contributed by atoms with Crippen LogP contribution < -0.4 is 10.9 Å². The summed E-state index contributed by atoms with van der Waals surface area (Å²) in [5, 5.41) is 2.58. The normalized spacial score (nSPS) is 12.8. The van der Waals surface area contributed by atoms with Crippen molar-refractivity contribution in [3.63, 3.8) is 0 Å². The van der Waals surface area contributed by atoms with E-state index in [1.807, 2.05) is 6.92 Å². The Morgan fingerprint density at radius 2 is 2.24 bits per heavy atom. The zero-order valence-electron chi connectivity index (χ0n) is 12.5. The quantitative estimate of drug-likeness (QED) is 0.864. The van der Waals surface area contributed by atoms with Gasteiger partial charge in [0.1, 0.15) is 6.23 Å². The van der Waals surface area contributed by atoms with Crippen molar-refractivity contribution in [2.24, 2.45) is 5.92 Å². The third-order valence-electron chi connectivity index (χ3n) is 3.13. The van der Waals surface area contributed by atoms with Gasteiger partial charge in [0.05, 0.1) is 6.33 Å². The zero-order valence-corrected chi connectivity index (χ0v) is 12.5. The van der Waals surface area contributed by atoms with E-state index in [2.05, 4.69) is 20.3 Å². The minimum absolute atomic E-state index is 0.110. The molecule has 2 aromatic rings. The van der Waals surface area contributed by atoms with Crippen molar-refractivity contribution in [1.29, 1.82) is 0 Å². The molecule has 21 heavy (non-hydrogen) atoms. The molecule has 0 bridgehead atoms. The van der Waals surface area contributed by atoms with E-state index in [0.29, 0.717) is 12.1 Å². The predicted octanol–water partition coefficient (Wildman–Crippen LogP) is 1.27. The lowest BCUT2D eigenvalue weighted by molar-refractivity contribution is -0.118. The Labute approximate surface area is 121 Å². The summed E-state index contributed by atoms with van der Waals surface area (Å²) in [5.74, 6) is -0.320. The second-order valence-corrected chi connectivity index (χ2v) is 4.98. The monoisotopic (exact) mass is 293 g/mol. The first-order valence-electron chi connectivity index (χ1n) is 6.78. The molecule has 1 amide bonds. The van der Waals surface area contributed by atoms with Crippen LogP contribution in [0, 0.1) is 5.92 Å². The van der Waals surface area contributed by atoms with Crippen molar-refractivity contribution in [3.8, 4) is 0 Å². The van der Waals surface area contributed by atoms with E-state index in [0.717, 1.165) is 0 Å². The molecular weight excluding hydrogens is 274 g/mol. The lowest BCUT2D eigenvalue weighted by Gasteiger charge is -2.15. The van der Waals surface area contributed by atoms with E-state index in [-0.39, 0.29) is 29.5 Å². The van der Waals surface area contributed by atoms with Crippen LogP contribution in [0.1, 0.15) is 33.4 Å². The molecule has 2 rings (SSSR count). The number of aromatic amines is 1. The molecule has 0 radical (unpaired) electrons. The van der Waals surface area contributed by atoms with Gasteiger partial charge in [-0.25, -0.2) is 4.98 Å². The van der Waals surface area contributed by atoms with E-state index in [1.165, 1.54) is 6.33 Å². The minimum atomic E-state index is -0.399. The van der Waals surface area contributed by atoms with Crippen molar-refractivity contribution in [3.05, 3.63) is 16.7 Å². The number of carbonyl (C=O) groups is 1. The van der Waals surface area contributed by atoms with Gasteiger partial charge in [-0.15, -0.1) is 0 Å². The first-order valence-corrected chi connectivity index (χ1v) is 6.78. The molecule has 2 N–H and O–H groups in total. The molecule has 0 spiro atoms. The Balaban J connectivity index is 2.49. The Morgan fingerprint density at radius 3 is 2.81 bits per heavy atom. The summed E-state index contributed by atoms with van der Waals surface area (Å²) in [6.45, 7) is 5.47. The van der Waals surface area contributed by atoms with Crippen LogP contribution in [0.3, 0.4) is 0 Å². The van der Waals surface area contributed by atoms with Gasteiger partial charge in [0, 0.05) is 13.0 Å². The SMILES string of the molecule is CC[C@@H](OC)n1cnc2c(=O)[nH]c(NC(=O)C(C)C)nc21. The summed E-state index contributed by atoms with van der Waals surface area (Å²) in [6, 6.07) is 0. The van der Waals surface area contributed by atoms with Gasteiger partial charge in [-0.05, 0) is 6.42 Å². The van der Waals surface area contributed by atoms with Crippen LogP contribution in [0.4, 0.5) is 5.95 Å². The second-order valence-electron chi connectivity index (χ2n) is 4.98. The van der Waals surface area contributed by atoms with Gasteiger partial charge in [-0.3, -0.25) is 24.5 Å². The maximum Gasteiger partial charge on any atom is 0.280 e. The number of carbonyl (C=O) groups excluding carboxylic acids is 1. The number of nitrogens with zero attached hydrogens (tertiary/aromatic N) is 3. The van der Waals surface area contributed by atoms with Crippen LogP contribution in [-0.4, -0.2) is 32.5 Å². The minimum Gasteiger partial charge on any atom is -0.361 e. The van der Waals surface area contributed by atoms with Gasteiger partial charge >= 0.3 is 0 Å².